The van der Waals surface area contributed by atoms with E-state index in [2.05, 4.69) is 20.4 Å². The maximum Gasteiger partial charge on any atom is 0.234 e. The molecule has 1 unspecified atom stereocenters. The zero-order chi connectivity index (χ0) is 19.9. The number of rotatable bonds is 8. The van der Waals surface area contributed by atoms with Gasteiger partial charge >= 0.3 is 0 Å². The van der Waals surface area contributed by atoms with E-state index in [0.717, 1.165) is 37.3 Å². The van der Waals surface area contributed by atoms with E-state index in [4.69, 9.17) is 16.3 Å². The second kappa shape index (κ2) is 9.71. The summed E-state index contributed by atoms with van der Waals surface area (Å²) in [5, 5.41) is 11.8. The summed E-state index contributed by atoms with van der Waals surface area (Å²) in [6.07, 6.45) is 3.89. The molecule has 1 aliphatic rings. The molecule has 150 valence electrons. The Morgan fingerprint density at radius 1 is 1.43 bits per heavy atom. The highest BCUT2D eigenvalue weighted by molar-refractivity contribution is 6.30. The van der Waals surface area contributed by atoms with Gasteiger partial charge in [-0.3, -0.25) is 9.69 Å². The number of nitrogens with zero attached hydrogens (tertiary/aromatic N) is 4. The lowest BCUT2D eigenvalue weighted by Crippen LogP contribution is -2.43. The van der Waals surface area contributed by atoms with Crippen LogP contribution in [-0.4, -0.2) is 60.8 Å². The van der Waals surface area contributed by atoms with Crippen LogP contribution in [0, 0.1) is 0 Å². The molecule has 0 saturated carbocycles. The summed E-state index contributed by atoms with van der Waals surface area (Å²) in [7, 11) is 3.57. The van der Waals surface area contributed by atoms with Crippen molar-refractivity contribution in [1.29, 1.82) is 0 Å². The minimum absolute atomic E-state index is 0.0337. The normalized spacial score (nSPS) is 16.4. The van der Waals surface area contributed by atoms with Gasteiger partial charge in [0, 0.05) is 42.5 Å². The van der Waals surface area contributed by atoms with E-state index in [0.29, 0.717) is 29.9 Å². The molecule has 8 heteroatoms. The van der Waals surface area contributed by atoms with Crippen molar-refractivity contribution in [3.63, 3.8) is 0 Å². The maximum atomic E-state index is 12.4. The van der Waals surface area contributed by atoms with Crippen molar-refractivity contribution in [2.45, 2.75) is 25.4 Å². The Hall–Kier alpha value is -2.38. The van der Waals surface area contributed by atoms with E-state index in [-0.39, 0.29) is 5.91 Å². The van der Waals surface area contributed by atoms with Gasteiger partial charge in [-0.25, -0.2) is 0 Å². The van der Waals surface area contributed by atoms with Gasteiger partial charge in [0.05, 0.1) is 13.7 Å². The summed E-state index contributed by atoms with van der Waals surface area (Å²) in [6.45, 7) is 2.47. The number of benzene rings is 1. The minimum Gasteiger partial charge on any atom is -0.496 e. The highest BCUT2D eigenvalue weighted by Crippen LogP contribution is 2.24. The van der Waals surface area contributed by atoms with Crippen LogP contribution in [0.5, 0.6) is 5.75 Å². The molecule has 28 heavy (non-hydrogen) atoms. The molecule has 1 aliphatic heterocycles. The van der Waals surface area contributed by atoms with Crippen LogP contribution in [0.1, 0.15) is 18.4 Å². The second-order valence-corrected chi connectivity index (χ2v) is 7.44. The van der Waals surface area contributed by atoms with E-state index in [1.807, 2.05) is 30.1 Å². The first-order chi connectivity index (χ1) is 13.6. The van der Waals surface area contributed by atoms with Crippen molar-refractivity contribution in [3.05, 3.63) is 47.1 Å². The van der Waals surface area contributed by atoms with Gasteiger partial charge in [-0.15, -0.1) is 5.10 Å². The summed E-state index contributed by atoms with van der Waals surface area (Å²) < 4.78 is 5.32. The summed E-state index contributed by atoms with van der Waals surface area (Å²) in [4.78, 5) is 16.7. The van der Waals surface area contributed by atoms with E-state index in [1.165, 1.54) is 0 Å². The smallest absolute Gasteiger partial charge is 0.234 e. The van der Waals surface area contributed by atoms with Crippen LogP contribution in [0.15, 0.2) is 36.5 Å². The fraction of sp³-hybridized carbons (Fsp3) is 0.450. The molecule has 1 fully saturated rings. The topological polar surface area (TPSA) is 70.6 Å². The van der Waals surface area contributed by atoms with Gasteiger partial charge in [0.1, 0.15) is 5.75 Å². The molecular formula is C20H26ClN5O2. The first-order valence-electron chi connectivity index (χ1n) is 9.39. The quantitative estimate of drug-likeness (QED) is 0.729. The predicted molar refractivity (Wildman–Crippen MR) is 110 cm³/mol. The minimum atomic E-state index is -0.0337. The lowest BCUT2D eigenvalue weighted by atomic mass is 10.2. The standard InChI is InChI=1S/C20H26ClN5O2/c1-25(13-17-5-4-10-26(17)19-6-3-9-23-24-19)14-20(27)22-12-15-11-16(21)7-8-18(15)28-2/h3,6-9,11,17H,4-5,10,12-14H2,1-2H3,(H,22,27). The van der Waals surface area contributed by atoms with Crippen LogP contribution in [0.25, 0.3) is 0 Å². The van der Waals surface area contributed by atoms with Gasteiger partial charge in [-0.05, 0) is 50.2 Å². The molecule has 1 saturated heterocycles. The Morgan fingerprint density at radius 3 is 3.04 bits per heavy atom. The molecule has 1 amide bonds. The average Bonchev–Trinajstić information content (AvgIpc) is 3.15. The number of anilines is 1. The molecule has 7 nitrogen and oxygen atoms in total. The van der Waals surface area contributed by atoms with Gasteiger partial charge in [0.15, 0.2) is 5.82 Å². The molecule has 0 aliphatic carbocycles. The molecule has 3 rings (SSSR count). The Morgan fingerprint density at radius 2 is 2.29 bits per heavy atom. The lowest BCUT2D eigenvalue weighted by molar-refractivity contribution is -0.122. The van der Waals surface area contributed by atoms with Crippen molar-refractivity contribution in [2.75, 3.05) is 38.7 Å². The first kappa shape index (κ1) is 20.4. The van der Waals surface area contributed by atoms with Crippen molar-refractivity contribution in [3.8, 4) is 5.75 Å². The second-order valence-electron chi connectivity index (χ2n) is 7.00. The summed E-state index contributed by atoms with van der Waals surface area (Å²) in [5.74, 6) is 1.58. The van der Waals surface area contributed by atoms with Crippen molar-refractivity contribution >= 4 is 23.3 Å². The highest BCUT2D eigenvalue weighted by atomic mass is 35.5. The number of halogens is 1. The fourth-order valence-electron chi connectivity index (χ4n) is 3.58. The van der Waals surface area contributed by atoms with Gasteiger partial charge in [-0.2, -0.15) is 5.10 Å². The number of hydrogen-bond acceptors (Lipinski definition) is 6. The van der Waals surface area contributed by atoms with Crippen LogP contribution in [-0.2, 0) is 11.3 Å². The number of nitrogens with one attached hydrogen (secondary N) is 1. The highest BCUT2D eigenvalue weighted by Gasteiger charge is 2.27. The Labute approximate surface area is 170 Å². The SMILES string of the molecule is COc1ccc(Cl)cc1CNC(=O)CN(C)CC1CCCN1c1cccnn1. The van der Waals surface area contributed by atoms with Crippen LogP contribution < -0.4 is 15.0 Å². The third-order valence-electron chi connectivity index (χ3n) is 4.88. The van der Waals surface area contributed by atoms with Crippen LogP contribution in [0.4, 0.5) is 5.82 Å². The van der Waals surface area contributed by atoms with E-state index >= 15 is 0 Å². The van der Waals surface area contributed by atoms with Crippen LogP contribution in [0.2, 0.25) is 5.02 Å². The van der Waals surface area contributed by atoms with E-state index < -0.39 is 0 Å². The molecule has 1 N–H and O–H groups in total. The van der Waals surface area contributed by atoms with Gasteiger partial charge in [0.25, 0.3) is 0 Å². The van der Waals surface area contributed by atoms with Crippen molar-refractivity contribution in [1.82, 2.24) is 20.4 Å². The van der Waals surface area contributed by atoms with Gasteiger partial charge in [0.2, 0.25) is 5.91 Å². The van der Waals surface area contributed by atoms with E-state index in [1.54, 1.807) is 25.4 Å². The molecular weight excluding hydrogens is 378 g/mol. The molecule has 1 atom stereocenters. The Kier molecular flexibility index (Phi) is 7.06. The average molecular weight is 404 g/mol. The zero-order valence-electron chi connectivity index (χ0n) is 16.3. The zero-order valence-corrected chi connectivity index (χ0v) is 17.0. The van der Waals surface area contributed by atoms with E-state index in [9.17, 15) is 4.79 Å². The van der Waals surface area contributed by atoms with Crippen LogP contribution >= 0.6 is 11.6 Å². The Bertz CT molecular complexity index is 789. The summed E-state index contributed by atoms with van der Waals surface area (Å²) >= 11 is 6.04. The third kappa shape index (κ3) is 5.33. The molecule has 1 aromatic heterocycles. The molecule has 0 spiro atoms. The van der Waals surface area contributed by atoms with Crippen molar-refractivity contribution in [2.24, 2.45) is 0 Å². The van der Waals surface area contributed by atoms with Crippen molar-refractivity contribution < 1.29 is 9.53 Å². The summed E-state index contributed by atoms with van der Waals surface area (Å²) in [6, 6.07) is 9.60. The number of amides is 1. The number of likely N-dealkylation sites (N-methyl/N-ethyl adjacent to an activating group) is 1. The number of carbonyl (C=O) groups is 1. The summed E-state index contributed by atoms with van der Waals surface area (Å²) in [5.41, 5.74) is 0.857. The molecule has 0 radical (unpaired) electrons. The monoisotopic (exact) mass is 403 g/mol. The number of carbonyl (C=O) groups excluding carboxylic acids is 1. The number of hydrogen-bond donors (Lipinski definition) is 1. The predicted octanol–water partition coefficient (Wildman–Crippen LogP) is 2.36. The number of ether oxygens (including phenoxy) is 1. The first-order valence-corrected chi connectivity index (χ1v) is 9.76. The molecule has 2 heterocycles. The van der Waals surface area contributed by atoms with Gasteiger partial charge in [-0.1, -0.05) is 11.6 Å². The number of aromatic nitrogens is 2. The molecule has 0 bridgehead atoms. The maximum absolute atomic E-state index is 12.4. The van der Waals surface area contributed by atoms with Gasteiger partial charge < -0.3 is 15.0 Å². The molecule has 1 aromatic carbocycles. The third-order valence-corrected chi connectivity index (χ3v) is 5.12. The Balaban J connectivity index is 1.50. The number of methoxy groups -OCH3 is 1. The molecule has 2 aromatic rings. The lowest BCUT2D eigenvalue weighted by Gasteiger charge is -2.29. The van der Waals surface area contributed by atoms with Crippen LogP contribution in [0.3, 0.4) is 0 Å². The largest absolute Gasteiger partial charge is 0.496 e. The fourth-order valence-corrected chi connectivity index (χ4v) is 3.77.